The van der Waals surface area contributed by atoms with Crippen LogP contribution in [0.1, 0.15) is 25.8 Å². The van der Waals surface area contributed by atoms with Crippen molar-refractivity contribution in [1.82, 2.24) is 0 Å². The normalized spacial score (nSPS) is 12.2. The number of aliphatic hydroxyl groups excluding tert-OH is 1. The summed E-state index contributed by atoms with van der Waals surface area (Å²) in [5.74, 6) is 0.636. The molecular weight excluding hydrogens is 192 g/mol. The molecule has 1 atom stereocenters. The van der Waals surface area contributed by atoms with Crippen molar-refractivity contribution >= 4 is 5.78 Å². The fourth-order valence-corrected chi connectivity index (χ4v) is 1.29. The van der Waals surface area contributed by atoms with Crippen LogP contribution in [0.2, 0.25) is 0 Å². The molecule has 1 rings (SSSR count). The van der Waals surface area contributed by atoms with Crippen molar-refractivity contribution in [3.63, 3.8) is 0 Å². The summed E-state index contributed by atoms with van der Waals surface area (Å²) in [6, 6.07) is 7.17. The Balaban J connectivity index is 2.75. The lowest BCUT2D eigenvalue weighted by molar-refractivity contribution is -0.124. The van der Waals surface area contributed by atoms with Crippen molar-refractivity contribution < 1.29 is 14.6 Å². The standard InChI is InChI=1S/C12H16O3/c1-3-11(14)9(2)15-12-7-5-4-6-10(12)8-13/h4-7,9,13H,3,8H2,1-2H3. The first-order valence-electron chi connectivity index (χ1n) is 5.07. The zero-order chi connectivity index (χ0) is 11.3. The Hall–Kier alpha value is -1.35. The molecular formula is C12H16O3. The van der Waals surface area contributed by atoms with Crippen LogP contribution in [0.25, 0.3) is 0 Å². The van der Waals surface area contributed by atoms with Gasteiger partial charge < -0.3 is 9.84 Å². The molecule has 0 bridgehead atoms. The first-order chi connectivity index (χ1) is 7.19. The van der Waals surface area contributed by atoms with Crippen LogP contribution in [-0.4, -0.2) is 17.0 Å². The highest BCUT2D eigenvalue weighted by Gasteiger charge is 2.13. The molecule has 0 saturated heterocycles. The van der Waals surface area contributed by atoms with E-state index in [1.54, 1.807) is 26.0 Å². The summed E-state index contributed by atoms with van der Waals surface area (Å²) in [5, 5.41) is 9.06. The number of hydrogen-bond donors (Lipinski definition) is 1. The molecule has 0 fully saturated rings. The zero-order valence-electron chi connectivity index (χ0n) is 9.06. The van der Waals surface area contributed by atoms with Gasteiger partial charge in [0.25, 0.3) is 0 Å². The molecule has 82 valence electrons. The van der Waals surface area contributed by atoms with E-state index in [-0.39, 0.29) is 12.4 Å². The number of benzene rings is 1. The minimum absolute atomic E-state index is 0.0581. The summed E-state index contributed by atoms with van der Waals surface area (Å²) in [6.07, 6.45) is 0.00494. The number of aliphatic hydroxyl groups is 1. The lowest BCUT2D eigenvalue weighted by Gasteiger charge is -2.15. The van der Waals surface area contributed by atoms with Crippen LogP contribution in [0.4, 0.5) is 0 Å². The molecule has 15 heavy (non-hydrogen) atoms. The average molecular weight is 208 g/mol. The Kier molecular flexibility index (Phi) is 4.31. The number of carbonyl (C=O) groups is 1. The number of ketones is 1. The van der Waals surface area contributed by atoms with E-state index in [2.05, 4.69) is 0 Å². The van der Waals surface area contributed by atoms with Crippen LogP contribution in [0.15, 0.2) is 24.3 Å². The third-order valence-electron chi connectivity index (χ3n) is 2.25. The number of carbonyl (C=O) groups excluding carboxylic acids is 1. The van der Waals surface area contributed by atoms with Gasteiger partial charge >= 0.3 is 0 Å². The van der Waals surface area contributed by atoms with Crippen molar-refractivity contribution in [1.29, 1.82) is 0 Å². The topological polar surface area (TPSA) is 46.5 Å². The molecule has 3 nitrogen and oxygen atoms in total. The molecule has 1 unspecified atom stereocenters. The first-order valence-corrected chi connectivity index (χ1v) is 5.07. The van der Waals surface area contributed by atoms with Crippen molar-refractivity contribution in [3.05, 3.63) is 29.8 Å². The largest absolute Gasteiger partial charge is 0.483 e. The maximum Gasteiger partial charge on any atom is 0.172 e. The Bertz CT molecular complexity index is 333. The van der Waals surface area contributed by atoms with Gasteiger partial charge in [0.1, 0.15) is 5.75 Å². The number of ether oxygens (including phenoxy) is 1. The van der Waals surface area contributed by atoms with Gasteiger partial charge in [-0.2, -0.15) is 0 Å². The van der Waals surface area contributed by atoms with Crippen LogP contribution < -0.4 is 4.74 Å². The molecule has 0 aromatic heterocycles. The van der Waals surface area contributed by atoms with Gasteiger partial charge in [-0.1, -0.05) is 25.1 Å². The molecule has 0 aliphatic heterocycles. The number of rotatable bonds is 5. The van der Waals surface area contributed by atoms with Gasteiger partial charge in [-0.3, -0.25) is 4.79 Å². The molecule has 3 heteroatoms. The van der Waals surface area contributed by atoms with Crippen molar-refractivity contribution in [3.8, 4) is 5.75 Å². The van der Waals surface area contributed by atoms with Gasteiger partial charge in [0, 0.05) is 12.0 Å². The Labute approximate surface area is 89.7 Å². The third kappa shape index (κ3) is 3.06. The van der Waals surface area contributed by atoms with E-state index in [1.807, 2.05) is 12.1 Å². The maximum atomic E-state index is 11.3. The number of hydrogen-bond acceptors (Lipinski definition) is 3. The monoisotopic (exact) mass is 208 g/mol. The molecule has 0 saturated carbocycles. The van der Waals surface area contributed by atoms with Gasteiger partial charge in [-0.15, -0.1) is 0 Å². The molecule has 0 heterocycles. The third-order valence-corrected chi connectivity index (χ3v) is 2.25. The maximum absolute atomic E-state index is 11.3. The second-order valence-corrected chi connectivity index (χ2v) is 3.35. The van der Waals surface area contributed by atoms with Gasteiger partial charge in [-0.25, -0.2) is 0 Å². The molecule has 0 aliphatic carbocycles. The summed E-state index contributed by atoms with van der Waals surface area (Å²) < 4.78 is 5.48. The first kappa shape index (κ1) is 11.7. The number of para-hydroxylation sites is 1. The SMILES string of the molecule is CCC(=O)C(C)Oc1ccccc1CO. The van der Waals surface area contributed by atoms with Crippen LogP contribution in [0.3, 0.4) is 0 Å². The number of Topliss-reactive ketones (excluding diaryl/α,β-unsaturated/α-hetero) is 1. The van der Waals surface area contributed by atoms with Crippen molar-refractivity contribution in [2.75, 3.05) is 0 Å². The molecule has 1 aromatic carbocycles. The van der Waals surface area contributed by atoms with Crippen LogP contribution in [0.5, 0.6) is 5.75 Å². The lowest BCUT2D eigenvalue weighted by Crippen LogP contribution is -2.23. The quantitative estimate of drug-likeness (QED) is 0.804. The zero-order valence-corrected chi connectivity index (χ0v) is 9.06. The molecule has 1 N–H and O–H groups in total. The van der Waals surface area contributed by atoms with Gasteiger partial charge in [0.05, 0.1) is 6.61 Å². The fourth-order valence-electron chi connectivity index (χ4n) is 1.29. The van der Waals surface area contributed by atoms with Gasteiger partial charge in [0.15, 0.2) is 11.9 Å². The Morgan fingerprint density at radius 1 is 1.47 bits per heavy atom. The smallest absolute Gasteiger partial charge is 0.172 e. The van der Waals surface area contributed by atoms with E-state index < -0.39 is 6.10 Å². The van der Waals surface area contributed by atoms with Crippen LogP contribution in [-0.2, 0) is 11.4 Å². The van der Waals surface area contributed by atoms with E-state index in [0.29, 0.717) is 17.7 Å². The van der Waals surface area contributed by atoms with Crippen LogP contribution in [0, 0.1) is 0 Å². The van der Waals surface area contributed by atoms with Crippen molar-refractivity contribution in [2.24, 2.45) is 0 Å². The summed E-state index contributed by atoms with van der Waals surface area (Å²) >= 11 is 0. The Morgan fingerprint density at radius 3 is 2.73 bits per heavy atom. The average Bonchev–Trinajstić information content (AvgIpc) is 2.28. The van der Waals surface area contributed by atoms with E-state index in [0.717, 1.165) is 0 Å². The minimum Gasteiger partial charge on any atom is -0.483 e. The summed E-state index contributed by atoms with van der Waals surface area (Å²) in [5.41, 5.74) is 0.702. The summed E-state index contributed by atoms with van der Waals surface area (Å²) in [4.78, 5) is 11.3. The minimum atomic E-state index is -0.456. The predicted molar refractivity (Wildman–Crippen MR) is 57.8 cm³/mol. The van der Waals surface area contributed by atoms with Crippen molar-refractivity contribution in [2.45, 2.75) is 33.0 Å². The highest BCUT2D eigenvalue weighted by molar-refractivity contribution is 5.82. The summed E-state index contributed by atoms with van der Waals surface area (Å²) in [7, 11) is 0. The highest BCUT2D eigenvalue weighted by Crippen LogP contribution is 2.19. The fraction of sp³-hybridized carbons (Fsp3) is 0.417. The molecule has 0 aliphatic rings. The molecule has 0 spiro atoms. The van der Waals surface area contributed by atoms with Gasteiger partial charge in [-0.05, 0) is 13.0 Å². The van der Waals surface area contributed by atoms with E-state index in [4.69, 9.17) is 9.84 Å². The lowest BCUT2D eigenvalue weighted by atomic mass is 10.2. The molecule has 0 amide bonds. The highest BCUT2D eigenvalue weighted by atomic mass is 16.5. The van der Waals surface area contributed by atoms with Gasteiger partial charge in [0.2, 0.25) is 0 Å². The predicted octanol–water partition coefficient (Wildman–Crippen LogP) is 1.93. The van der Waals surface area contributed by atoms with Crippen LogP contribution >= 0.6 is 0 Å². The second kappa shape index (κ2) is 5.51. The van der Waals surface area contributed by atoms with E-state index >= 15 is 0 Å². The Morgan fingerprint density at radius 2 is 2.13 bits per heavy atom. The summed E-state index contributed by atoms with van der Waals surface area (Å²) in [6.45, 7) is 3.45. The second-order valence-electron chi connectivity index (χ2n) is 3.35. The molecule has 1 aromatic rings. The van der Waals surface area contributed by atoms with E-state index in [9.17, 15) is 4.79 Å². The van der Waals surface area contributed by atoms with E-state index in [1.165, 1.54) is 0 Å². The molecule has 0 radical (unpaired) electrons.